The second kappa shape index (κ2) is 10.0. The molecule has 142 valence electrons. The molecule has 0 aliphatic rings. The van der Waals surface area contributed by atoms with Crippen molar-refractivity contribution in [3.8, 4) is 17.6 Å². The molecule has 1 aromatic heterocycles. The molecular formula is C20H24N4O3. The van der Waals surface area contributed by atoms with Gasteiger partial charge in [0.1, 0.15) is 6.07 Å². The number of hydrazone groups is 1. The molecule has 1 aromatic carbocycles. The molecule has 0 saturated carbocycles. The van der Waals surface area contributed by atoms with Gasteiger partial charge in [-0.3, -0.25) is 0 Å². The fourth-order valence-electron chi connectivity index (χ4n) is 2.14. The molecule has 0 saturated heterocycles. The Balaban J connectivity index is 2.11. The number of nitriles is 1. The first-order valence-electron chi connectivity index (χ1n) is 8.84. The highest BCUT2D eigenvalue weighted by Gasteiger charge is 2.12. The van der Waals surface area contributed by atoms with Gasteiger partial charge in [-0.05, 0) is 44.0 Å². The van der Waals surface area contributed by atoms with Crippen molar-refractivity contribution in [1.82, 2.24) is 4.98 Å². The number of nitrogens with zero attached hydrogens (tertiary/aromatic N) is 3. The maximum Gasteiger partial charge on any atom is 0.252 e. The molecule has 0 unspecified atom stereocenters. The summed E-state index contributed by atoms with van der Waals surface area (Å²) in [4.78, 5) is 4.04. The summed E-state index contributed by atoms with van der Waals surface area (Å²) in [6.45, 7) is 10.7. The molecule has 0 bridgehead atoms. The topological polar surface area (TPSA) is 92.7 Å². The SMILES string of the molecule is C=C(C)c1nc(C#N)c(NN=Cc2ccc(OCCCC)c(OCC)c2)o1. The van der Waals surface area contributed by atoms with Gasteiger partial charge in [-0.1, -0.05) is 19.9 Å². The van der Waals surface area contributed by atoms with Gasteiger partial charge in [0.05, 0.1) is 19.4 Å². The van der Waals surface area contributed by atoms with Gasteiger partial charge in [0.25, 0.3) is 5.88 Å². The van der Waals surface area contributed by atoms with Crippen LogP contribution in [-0.4, -0.2) is 24.4 Å². The molecule has 1 N–H and O–H groups in total. The highest BCUT2D eigenvalue weighted by atomic mass is 16.5. The van der Waals surface area contributed by atoms with E-state index in [0.717, 1.165) is 18.4 Å². The highest BCUT2D eigenvalue weighted by Crippen LogP contribution is 2.28. The van der Waals surface area contributed by atoms with E-state index in [2.05, 4.69) is 29.0 Å². The van der Waals surface area contributed by atoms with Gasteiger partial charge in [-0.25, -0.2) is 5.43 Å². The number of unbranched alkanes of at least 4 members (excludes halogenated alkanes) is 1. The van der Waals surface area contributed by atoms with Crippen molar-refractivity contribution in [2.24, 2.45) is 5.10 Å². The van der Waals surface area contributed by atoms with E-state index in [1.165, 1.54) is 0 Å². The quantitative estimate of drug-likeness (QED) is 0.374. The van der Waals surface area contributed by atoms with Crippen molar-refractivity contribution in [2.75, 3.05) is 18.6 Å². The molecule has 0 fully saturated rings. The summed E-state index contributed by atoms with van der Waals surface area (Å²) in [5, 5.41) is 13.2. The number of benzene rings is 1. The number of hydrogen-bond acceptors (Lipinski definition) is 7. The summed E-state index contributed by atoms with van der Waals surface area (Å²) in [5.41, 5.74) is 4.27. The summed E-state index contributed by atoms with van der Waals surface area (Å²) in [6.07, 6.45) is 3.66. The van der Waals surface area contributed by atoms with Gasteiger partial charge in [-0.2, -0.15) is 15.3 Å². The monoisotopic (exact) mass is 368 g/mol. The van der Waals surface area contributed by atoms with E-state index in [0.29, 0.717) is 36.2 Å². The van der Waals surface area contributed by atoms with Crippen LogP contribution in [0.1, 0.15) is 50.8 Å². The third kappa shape index (κ3) is 5.61. The number of hydrogen-bond donors (Lipinski definition) is 1. The lowest BCUT2D eigenvalue weighted by atomic mass is 10.2. The van der Waals surface area contributed by atoms with Gasteiger partial charge in [0.2, 0.25) is 11.6 Å². The first-order chi connectivity index (χ1) is 13.1. The Morgan fingerprint density at radius 2 is 2.19 bits per heavy atom. The van der Waals surface area contributed by atoms with E-state index in [1.807, 2.05) is 31.2 Å². The average molecular weight is 368 g/mol. The minimum absolute atomic E-state index is 0.125. The molecule has 1 heterocycles. The van der Waals surface area contributed by atoms with Crippen LogP contribution in [-0.2, 0) is 0 Å². The Bertz CT molecular complexity index is 849. The number of allylic oxidation sites excluding steroid dienone is 1. The molecule has 2 aromatic rings. The van der Waals surface area contributed by atoms with Crippen LogP contribution in [0.15, 0.2) is 34.3 Å². The molecule has 0 radical (unpaired) electrons. The van der Waals surface area contributed by atoms with Crippen LogP contribution in [0.4, 0.5) is 5.88 Å². The number of anilines is 1. The summed E-state index contributed by atoms with van der Waals surface area (Å²) >= 11 is 0. The summed E-state index contributed by atoms with van der Waals surface area (Å²) in [6, 6.07) is 7.54. The smallest absolute Gasteiger partial charge is 0.252 e. The zero-order valence-corrected chi connectivity index (χ0v) is 15.9. The fraction of sp³-hybridized carbons (Fsp3) is 0.350. The Labute approximate surface area is 159 Å². The van der Waals surface area contributed by atoms with Gasteiger partial charge in [0.15, 0.2) is 11.5 Å². The maximum atomic E-state index is 9.12. The van der Waals surface area contributed by atoms with Crippen LogP contribution in [0.25, 0.3) is 5.57 Å². The zero-order valence-electron chi connectivity index (χ0n) is 15.9. The minimum Gasteiger partial charge on any atom is -0.490 e. The van der Waals surface area contributed by atoms with Gasteiger partial charge in [-0.15, -0.1) is 0 Å². The van der Waals surface area contributed by atoms with Gasteiger partial charge >= 0.3 is 0 Å². The predicted molar refractivity (Wildman–Crippen MR) is 105 cm³/mol. The third-order valence-electron chi connectivity index (χ3n) is 3.50. The summed E-state index contributed by atoms with van der Waals surface area (Å²) in [7, 11) is 0. The first kappa shape index (κ1) is 20.0. The van der Waals surface area contributed by atoms with E-state index >= 15 is 0 Å². The van der Waals surface area contributed by atoms with Crippen molar-refractivity contribution in [3.63, 3.8) is 0 Å². The summed E-state index contributed by atoms with van der Waals surface area (Å²) in [5.74, 6) is 1.86. The van der Waals surface area contributed by atoms with E-state index in [1.54, 1.807) is 13.1 Å². The summed E-state index contributed by atoms with van der Waals surface area (Å²) < 4.78 is 16.9. The number of oxazole rings is 1. The second-order valence-electron chi connectivity index (χ2n) is 5.80. The first-order valence-corrected chi connectivity index (χ1v) is 8.84. The molecule has 2 rings (SSSR count). The molecular weight excluding hydrogens is 344 g/mol. The second-order valence-corrected chi connectivity index (χ2v) is 5.80. The van der Waals surface area contributed by atoms with Gasteiger partial charge in [0, 0.05) is 5.57 Å². The number of nitrogens with one attached hydrogen (secondary N) is 1. The van der Waals surface area contributed by atoms with Crippen LogP contribution in [0.3, 0.4) is 0 Å². The largest absolute Gasteiger partial charge is 0.490 e. The number of aromatic nitrogens is 1. The van der Waals surface area contributed by atoms with Crippen LogP contribution in [0.5, 0.6) is 11.5 Å². The molecule has 0 spiro atoms. The Kier molecular flexibility index (Phi) is 7.44. The Hall–Kier alpha value is -3.27. The molecule has 0 amide bonds. The fourth-order valence-corrected chi connectivity index (χ4v) is 2.14. The minimum atomic E-state index is 0.125. The maximum absolute atomic E-state index is 9.12. The van der Waals surface area contributed by atoms with E-state index in [9.17, 15) is 0 Å². The molecule has 0 aliphatic heterocycles. The number of ether oxygens (including phenoxy) is 2. The van der Waals surface area contributed by atoms with Crippen molar-refractivity contribution in [1.29, 1.82) is 5.26 Å². The normalized spacial score (nSPS) is 10.6. The van der Waals surface area contributed by atoms with E-state index in [-0.39, 0.29) is 11.6 Å². The van der Waals surface area contributed by atoms with Crippen LogP contribution >= 0.6 is 0 Å². The van der Waals surface area contributed by atoms with Crippen LogP contribution in [0, 0.1) is 11.3 Å². The van der Waals surface area contributed by atoms with Crippen LogP contribution < -0.4 is 14.9 Å². The lowest BCUT2D eigenvalue weighted by Gasteiger charge is -2.12. The molecule has 27 heavy (non-hydrogen) atoms. The number of rotatable bonds is 10. The molecule has 7 heteroatoms. The average Bonchev–Trinajstić information content (AvgIpc) is 3.07. The molecule has 0 atom stereocenters. The molecule has 7 nitrogen and oxygen atoms in total. The Morgan fingerprint density at radius 1 is 1.37 bits per heavy atom. The standard InChI is InChI=1S/C20H24N4O3/c1-5-7-10-26-17-9-8-15(11-18(17)25-6-2)13-22-24-20-16(12-21)23-19(27-20)14(3)4/h8-9,11,13,24H,3,5-7,10H2,1-2,4H3. The lowest BCUT2D eigenvalue weighted by Crippen LogP contribution is -2.01. The lowest BCUT2D eigenvalue weighted by molar-refractivity contribution is 0.272. The Morgan fingerprint density at radius 3 is 2.85 bits per heavy atom. The van der Waals surface area contributed by atoms with E-state index < -0.39 is 0 Å². The third-order valence-corrected chi connectivity index (χ3v) is 3.50. The van der Waals surface area contributed by atoms with Gasteiger partial charge < -0.3 is 13.9 Å². The van der Waals surface area contributed by atoms with E-state index in [4.69, 9.17) is 19.2 Å². The zero-order chi connectivity index (χ0) is 19.6. The van der Waals surface area contributed by atoms with Crippen LogP contribution in [0.2, 0.25) is 0 Å². The van der Waals surface area contributed by atoms with Crippen molar-refractivity contribution < 1.29 is 13.9 Å². The highest BCUT2D eigenvalue weighted by molar-refractivity contribution is 5.81. The van der Waals surface area contributed by atoms with Crippen molar-refractivity contribution in [3.05, 3.63) is 41.9 Å². The van der Waals surface area contributed by atoms with Crippen molar-refractivity contribution >= 4 is 17.7 Å². The van der Waals surface area contributed by atoms with Crippen molar-refractivity contribution in [2.45, 2.75) is 33.6 Å². The predicted octanol–water partition coefficient (Wildman–Crippen LogP) is 4.60. The molecule has 0 aliphatic carbocycles.